The van der Waals surface area contributed by atoms with E-state index in [9.17, 15) is 9.90 Å². The molecule has 1 aromatic carbocycles. The van der Waals surface area contributed by atoms with Crippen LogP contribution in [0.15, 0.2) is 23.8 Å². The zero-order valence-corrected chi connectivity index (χ0v) is 11.7. The van der Waals surface area contributed by atoms with E-state index in [0.717, 1.165) is 0 Å². The third kappa shape index (κ3) is 2.71. The van der Waals surface area contributed by atoms with Crippen molar-refractivity contribution < 1.29 is 19.4 Å². The first-order chi connectivity index (χ1) is 9.00. The number of alkyl halides is 1. The van der Waals surface area contributed by atoms with Gasteiger partial charge in [0.2, 0.25) is 0 Å². The van der Waals surface area contributed by atoms with Gasteiger partial charge in [-0.1, -0.05) is 11.6 Å². The Labute approximate surface area is 120 Å². The fourth-order valence-electron chi connectivity index (χ4n) is 1.76. The summed E-state index contributed by atoms with van der Waals surface area (Å²) < 4.78 is 10.3. The highest BCUT2D eigenvalue weighted by atomic mass is 35.5. The topological polar surface area (TPSA) is 55.8 Å². The maximum Gasteiger partial charge on any atom is 0.340 e. The molecule has 1 N–H and O–H groups in total. The standard InChI is InChI=1S/C13H12Cl2O4/c1-2-18-12(16)10-6-8-5-9(15)3-4-11(8)19-13(10,17)7-14/h3-6,17H,2,7H2,1H3. The number of hydrogen-bond donors (Lipinski definition) is 1. The average molecular weight is 303 g/mol. The Balaban J connectivity index is 2.49. The zero-order valence-electron chi connectivity index (χ0n) is 10.2. The first-order valence-corrected chi connectivity index (χ1v) is 6.57. The van der Waals surface area contributed by atoms with Gasteiger partial charge in [0.15, 0.2) is 0 Å². The number of hydrogen-bond acceptors (Lipinski definition) is 4. The second-order valence-electron chi connectivity index (χ2n) is 3.98. The molecule has 19 heavy (non-hydrogen) atoms. The molecule has 0 radical (unpaired) electrons. The highest BCUT2D eigenvalue weighted by Crippen LogP contribution is 2.36. The molecule has 0 saturated carbocycles. The van der Waals surface area contributed by atoms with Crippen molar-refractivity contribution in [3.8, 4) is 5.75 Å². The van der Waals surface area contributed by atoms with Crippen LogP contribution in [0.25, 0.3) is 6.08 Å². The van der Waals surface area contributed by atoms with Crippen molar-refractivity contribution in [2.45, 2.75) is 12.7 Å². The predicted molar refractivity (Wildman–Crippen MR) is 72.4 cm³/mol. The Morgan fingerprint density at radius 3 is 2.89 bits per heavy atom. The number of carbonyl (C=O) groups excluding carboxylic acids is 1. The predicted octanol–water partition coefficient (Wildman–Crippen LogP) is 2.61. The first kappa shape index (κ1) is 14.2. The van der Waals surface area contributed by atoms with Crippen LogP contribution in [0, 0.1) is 0 Å². The summed E-state index contributed by atoms with van der Waals surface area (Å²) in [6.45, 7) is 1.86. The number of halogens is 2. The molecule has 102 valence electrons. The average Bonchev–Trinajstić information content (AvgIpc) is 2.39. The summed E-state index contributed by atoms with van der Waals surface area (Å²) in [7, 11) is 0. The van der Waals surface area contributed by atoms with Crippen LogP contribution in [0.2, 0.25) is 5.02 Å². The van der Waals surface area contributed by atoms with E-state index in [2.05, 4.69) is 0 Å². The molecular weight excluding hydrogens is 291 g/mol. The smallest absolute Gasteiger partial charge is 0.340 e. The molecule has 1 unspecified atom stereocenters. The first-order valence-electron chi connectivity index (χ1n) is 5.66. The maximum atomic E-state index is 11.8. The minimum Gasteiger partial charge on any atom is -0.462 e. The molecular formula is C13H12Cl2O4. The zero-order chi connectivity index (χ0) is 14.0. The Hall–Kier alpha value is -1.23. The highest BCUT2D eigenvalue weighted by Gasteiger charge is 2.42. The van der Waals surface area contributed by atoms with Gasteiger partial charge < -0.3 is 14.6 Å². The fourth-order valence-corrected chi connectivity index (χ4v) is 2.14. The summed E-state index contributed by atoms with van der Waals surface area (Å²) in [5.41, 5.74) is 0.546. The summed E-state index contributed by atoms with van der Waals surface area (Å²) in [5, 5.41) is 10.8. The van der Waals surface area contributed by atoms with Gasteiger partial charge in [0.25, 0.3) is 5.79 Å². The molecule has 0 spiro atoms. The number of ether oxygens (including phenoxy) is 2. The normalized spacial score (nSPS) is 21.2. The van der Waals surface area contributed by atoms with E-state index < -0.39 is 11.8 Å². The Morgan fingerprint density at radius 2 is 2.26 bits per heavy atom. The Morgan fingerprint density at radius 1 is 1.53 bits per heavy atom. The van der Waals surface area contributed by atoms with E-state index >= 15 is 0 Å². The van der Waals surface area contributed by atoms with Crippen LogP contribution in [-0.2, 0) is 9.53 Å². The molecule has 0 bridgehead atoms. The minimum absolute atomic E-state index is 0.0425. The van der Waals surface area contributed by atoms with Crippen molar-refractivity contribution in [3.05, 3.63) is 34.4 Å². The Bertz CT molecular complexity index is 541. The van der Waals surface area contributed by atoms with E-state index in [1.54, 1.807) is 25.1 Å². The van der Waals surface area contributed by atoms with Crippen LogP contribution in [0.5, 0.6) is 5.75 Å². The lowest BCUT2D eigenvalue weighted by atomic mass is 10.00. The van der Waals surface area contributed by atoms with Gasteiger partial charge in [-0.2, -0.15) is 0 Å². The molecule has 1 heterocycles. The third-order valence-corrected chi connectivity index (χ3v) is 3.25. The van der Waals surface area contributed by atoms with E-state index in [4.69, 9.17) is 32.7 Å². The molecule has 4 nitrogen and oxygen atoms in total. The summed E-state index contributed by atoms with van der Waals surface area (Å²) >= 11 is 11.6. The Kier molecular flexibility index (Phi) is 4.04. The van der Waals surface area contributed by atoms with Crippen molar-refractivity contribution in [2.75, 3.05) is 12.5 Å². The molecule has 6 heteroatoms. The van der Waals surface area contributed by atoms with E-state index in [1.165, 1.54) is 6.08 Å². The number of esters is 1. The summed E-state index contributed by atoms with van der Waals surface area (Å²) in [4.78, 5) is 11.8. The number of fused-ring (bicyclic) bond motifs is 1. The van der Waals surface area contributed by atoms with Gasteiger partial charge in [0.05, 0.1) is 12.5 Å². The number of aliphatic hydroxyl groups is 1. The van der Waals surface area contributed by atoms with Gasteiger partial charge in [-0.25, -0.2) is 4.79 Å². The van der Waals surface area contributed by atoms with Gasteiger partial charge in [0, 0.05) is 10.6 Å². The molecule has 0 saturated heterocycles. The molecule has 1 atom stereocenters. The fraction of sp³-hybridized carbons (Fsp3) is 0.308. The van der Waals surface area contributed by atoms with Crippen LogP contribution in [0.4, 0.5) is 0 Å². The molecule has 1 aromatic rings. The van der Waals surface area contributed by atoms with Gasteiger partial charge in [-0.05, 0) is 31.2 Å². The number of benzene rings is 1. The molecule has 1 aliphatic heterocycles. The maximum absolute atomic E-state index is 11.8. The quantitative estimate of drug-likeness (QED) is 0.689. The lowest BCUT2D eigenvalue weighted by Crippen LogP contribution is -2.45. The van der Waals surface area contributed by atoms with Crippen molar-refractivity contribution in [2.24, 2.45) is 0 Å². The largest absolute Gasteiger partial charge is 0.462 e. The third-order valence-electron chi connectivity index (χ3n) is 2.65. The summed E-state index contributed by atoms with van der Waals surface area (Å²) in [5.74, 6) is -2.45. The molecule has 0 fully saturated rings. The van der Waals surface area contributed by atoms with Crippen molar-refractivity contribution in [3.63, 3.8) is 0 Å². The lowest BCUT2D eigenvalue weighted by molar-refractivity contribution is -0.148. The summed E-state index contributed by atoms with van der Waals surface area (Å²) in [6, 6.07) is 4.86. The van der Waals surface area contributed by atoms with Crippen LogP contribution < -0.4 is 4.74 Å². The number of rotatable bonds is 3. The number of carbonyl (C=O) groups is 1. The van der Waals surface area contributed by atoms with Gasteiger partial charge in [0.1, 0.15) is 11.3 Å². The van der Waals surface area contributed by atoms with E-state index in [-0.39, 0.29) is 18.1 Å². The van der Waals surface area contributed by atoms with E-state index in [0.29, 0.717) is 16.3 Å². The van der Waals surface area contributed by atoms with Crippen LogP contribution >= 0.6 is 23.2 Å². The molecule has 0 aromatic heterocycles. The molecule has 0 aliphatic carbocycles. The monoisotopic (exact) mass is 302 g/mol. The van der Waals surface area contributed by atoms with Crippen molar-refractivity contribution in [1.82, 2.24) is 0 Å². The summed E-state index contributed by atoms with van der Waals surface area (Å²) in [6.07, 6.45) is 1.48. The van der Waals surface area contributed by atoms with Gasteiger partial charge >= 0.3 is 5.97 Å². The second-order valence-corrected chi connectivity index (χ2v) is 4.68. The van der Waals surface area contributed by atoms with Gasteiger partial charge in [-0.3, -0.25) is 0 Å². The molecule has 0 amide bonds. The van der Waals surface area contributed by atoms with Gasteiger partial charge in [-0.15, -0.1) is 11.6 Å². The van der Waals surface area contributed by atoms with Crippen LogP contribution in [0.1, 0.15) is 12.5 Å². The highest BCUT2D eigenvalue weighted by molar-refractivity contribution is 6.30. The SMILES string of the molecule is CCOC(=O)C1=Cc2cc(Cl)ccc2OC1(O)CCl. The minimum atomic E-state index is -1.89. The van der Waals surface area contributed by atoms with E-state index in [1.807, 2.05) is 0 Å². The molecule has 1 aliphatic rings. The lowest BCUT2D eigenvalue weighted by Gasteiger charge is -2.32. The molecule has 2 rings (SSSR count). The second kappa shape index (κ2) is 5.41. The van der Waals surface area contributed by atoms with Crippen LogP contribution in [-0.4, -0.2) is 29.3 Å². The van der Waals surface area contributed by atoms with Crippen LogP contribution in [0.3, 0.4) is 0 Å². The van der Waals surface area contributed by atoms with Crippen molar-refractivity contribution >= 4 is 35.2 Å². The van der Waals surface area contributed by atoms with Crippen molar-refractivity contribution in [1.29, 1.82) is 0 Å².